The van der Waals surface area contributed by atoms with E-state index in [4.69, 9.17) is 0 Å². The van der Waals surface area contributed by atoms with Gasteiger partial charge in [-0.2, -0.15) is 0 Å². The number of anilines is 1. The molecule has 2 aliphatic carbocycles. The predicted molar refractivity (Wildman–Crippen MR) is 126 cm³/mol. The van der Waals surface area contributed by atoms with E-state index in [9.17, 15) is 22.4 Å². The second kappa shape index (κ2) is 8.46. The minimum atomic E-state index is -4.22. The van der Waals surface area contributed by atoms with E-state index in [1.165, 1.54) is 24.3 Å². The van der Waals surface area contributed by atoms with Crippen molar-refractivity contribution in [1.82, 2.24) is 10.2 Å². The molecule has 180 valence electrons. The number of nitrogens with one attached hydrogen (secondary N) is 2. The number of halogens is 1. The summed E-state index contributed by atoms with van der Waals surface area (Å²) in [5, 5.41) is 3.08. The molecule has 2 fully saturated rings. The molecule has 1 saturated heterocycles. The largest absolute Gasteiger partial charge is 0.349 e. The van der Waals surface area contributed by atoms with Crippen LogP contribution in [0.2, 0.25) is 0 Å². The molecule has 0 atom stereocenters. The first-order chi connectivity index (χ1) is 16.2. The SMILES string of the molecule is CN1CCC(NC(=O)c2cc(NS(=O)(=O)c3ccccc3F)cc3c2CC(=O)C32CCC2)CC1. The fourth-order valence-electron chi connectivity index (χ4n) is 5.40. The van der Waals surface area contributed by atoms with Crippen molar-refractivity contribution in [3.63, 3.8) is 0 Å². The molecule has 1 spiro atoms. The summed E-state index contributed by atoms with van der Waals surface area (Å²) in [6.07, 6.45) is 4.12. The van der Waals surface area contributed by atoms with E-state index in [1.54, 1.807) is 6.07 Å². The number of rotatable bonds is 5. The first kappa shape index (κ1) is 23.0. The zero-order valence-electron chi connectivity index (χ0n) is 19.1. The molecular formula is C25H28FN3O4S. The summed E-state index contributed by atoms with van der Waals surface area (Å²) in [5.74, 6) is -1.08. The van der Waals surface area contributed by atoms with Gasteiger partial charge < -0.3 is 10.2 Å². The van der Waals surface area contributed by atoms with Crippen molar-refractivity contribution in [3.05, 3.63) is 58.9 Å². The molecule has 9 heteroatoms. The Kier molecular flexibility index (Phi) is 5.72. The minimum absolute atomic E-state index is 0.0212. The van der Waals surface area contributed by atoms with Gasteiger partial charge in [-0.25, -0.2) is 12.8 Å². The maximum absolute atomic E-state index is 14.2. The predicted octanol–water partition coefficient (Wildman–Crippen LogP) is 3.00. The summed E-state index contributed by atoms with van der Waals surface area (Å²) in [7, 11) is -2.18. The average Bonchev–Trinajstić information content (AvgIpc) is 3.06. The molecule has 1 aliphatic heterocycles. The lowest BCUT2D eigenvalue weighted by Gasteiger charge is -2.38. The maximum Gasteiger partial charge on any atom is 0.264 e. The van der Waals surface area contributed by atoms with Gasteiger partial charge in [-0.15, -0.1) is 0 Å². The van der Waals surface area contributed by atoms with Crippen LogP contribution in [0.15, 0.2) is 41.3 Å². The molecular weight excluding hydrogens is 457 g/mol. The van der Waals surface area contributed by atoms with Gasteiger partial charge in [0.1, 0.15) is 16.5 Å². The number of sulfonamides is 1. The van der Waals surface area contributed by atoms with Gasteiger partial charge in [-0.05, 0) is 81.2 Å². The highest BCUT2D eigenvalue weighted by molar-refractivity contribution is 7.92. The van der Waals surface area contributed by atoms with Crippen LogP contribution in [0.3, 0.4) is 0 Å². The number of piperidine rings is 1. The van der Waals surface area contributed by atoms with Crippen molar-refractivity contribution in [2.45, 2.75) is 54.9 Å². The molecule has 1 amide bonds. The lowest BCUT2D eigenvalue weighted by Crippen LogP contribution is -2.43. The van der Waals surface area contributed by atoms with E-state index >= 15 is 0 Å². The van der Waals surface area contributed by atoms with Crippen molar-refractivity contribution >= 4 is 27.4 Å². The normalized spacial score (nSPS) is 20.1. The Bertz CT molecular complexity index is 1260. The van der Waals surface area contributed by atoms with E-state index in [1.807, 2.05) is 7.05 Å². The Morgan fingerprint density at radius 1 is 1.15 bits per heavy atom. The Morgan fingerprint density at radius 2 is 1.85 bits per heavy atom. The third kappa shape index (κ3) is 3.90. The zero-order valence-corrected chi connectivity index (χ0v) is 19.9. The summed E-state index contributed by atoms with van der Waals surface area (Å²) in [4.78, 5) is 28.1. The number of carbonyl (C=O) groups excluding carboxylic acids is 2. The fraction of sp³-hybridized carbons (Fsp3) is 0.440. The molecule has 2 aromatic carbocycles. The number of benzene rings is 2. The second-order valence-corrected chi connectivity index (χ2v) is 11.3. The molecule has 0 aromatic heterocycles. The standard InChI is InChI=1S/C25H28FN3O4S/c1-29-11-7-16(8-12-29)27-24(31)19-13-17(28-34(32,33)22-6-3-2-5-21(22)26)14-20-18(19)15-23(30)25(20)9-4-10-25/h2-3,5-6,13-14,16,28H,4,7-12,15H2,1H3,(H,27,31). The summed E-state index contributed by atoms with van der Waals surface area (Å²) in [5.41, 5.74) is 1.25. The van der Waals surface area contributed by atoms with E-state index in [-0.39, 0.29) is 29.8 Å². The molecule has 34 heavy (non-hydrogen) atoms. The zero-order chi connectivity index (χ0) is 24.1. The molecule has 2 N–H and O–H groups in total. The lowest BCUT2D eigenvalue weighted by atomic mass is 9.64. The number of likely N-dealkylation sites (tertiary alicyclic amines) is 1. The van der Waals surface area contributed by atoms with Crippen LogP contribution in [0.5, 0.6) is 0 Å². The molecule has 0 unspecified atom stereocenters. The topological polar surface area (TPSA) is 95.6 Å². The number of hydrogen-bond donors (Lipinski definition) is 2. The highest BCUT2D eigenvalue weighted by Gasteiger charge is 2.51. The monoisotopic (exact) mass is 485 g/mol. The Labute approximate surface area is 198 Å². The number of fused-ring (bicyclic) bond motifs is 2. The molecule has 1 heterocycles. The molecule has 1 saturated carbocycles. The van der Waals surface area contributed by atoms with Crippen LogP contribution in [-0.4, -0.2) is 51.2 Å². The van der Waals surface area contributed by atoms with Gasteiger partial charge in [-0.1, -0.05) is 18.6 Å². The van der Waals surface area contributed by atoms with Gasteiger partial charge in [0.15, 0.2) is 0 Å². The maximum atomic E-state index is 14.2. The average molecular weight is 486 g/mol. The number of amides is 1. The van der Waals surface area contributed by atoms with Gasteiger partial charge in [0, 0.05) is 23.7 Å². The van der Waals surface area contributed by atoms with Crippen LogP contribution in [0.25, 0.3) is 0 Å². The molecule has 7 nitrogen and oxygen atoms in total. The van der Waals surface area contributed by atoms with Crippen molar-refractivity contribution < 1.29 is 22.4 Å². The fourth-order valence-corrected chi connectivity index (χ4v) is 6.52. The molecule has 0 radical (unpaired) electrons. The molecule has 3 aliphatic rings. The smallest absolute Gasteiger partial charge is 0.264 e. The second-order valence-electron chi connectivity index (χ2n) is 9.67. The number of nitrogens with zero attached hydrogens (tertiary/aromatic N) is 1. The van der Waals surface area contributed by atoms with Crippen molar-refractivity contribution in [3.8, 4) is 0 Å². The third-order valence-electron chi connectivity index (χ3n) is 7.52. The van der Waals surface area contributed by atoms with Crippen LogP contribution in [0.1, 0.15) is 53.6 Å². The van der Waals surface area contributed by atoms with Crippen molar-refractivity contribution in [2.24, 2.45) is 0 Å². The van der Waals surface area contributed by atoms with Crippen LogP contribution < -0.4 is 10.0 Å². The van der Waals surface area contributed by atoms with Gasteiger partial charge in [0.25, 0.3) is 15.9 Å². The van der Waals surface area contributed by atoms with Gasteiger partial charge >= 0.3 is 0 Å². The van der Waals surface area contributed by atoms with E-state index in [0.29, 0.717) is 24.0 Å². The van der Waals surface area contributed by atoms with Gasteiger partial charge in [-0.3, -0.25) is 14.3 Å². The highest BCUT2D eigenvalue weighted by atomic mass is 32.2. The molecule has 2 aromatic rings. The van der Waals surface area contributed by atoms with Crippen LogP contribution in [0, 0.1) is 5.82 Å². The van der Waals surface area contributed by atoms with Crippen LogP contribution in [0.4, 0.5) is 10.1 Å². The van der Waals surface area contributed by atoms with Crippen molar-refractivity contribution in [1.29, 1.82) is 0 Å². The summed E-state index contributed by atoms with van der Waals surface area (Å²) in [6, 6.07) is 8.30. The Balaban J connectivity index is 1.52. The van der Waals surface area contributed by atoms with E-state index < -0.39 is 26.2 Å². The number of Topliss-reactive ketones (excluding diaryl/α,β-unsaturated/α-hetero) is 1. The molecule has 0 bridgehead atoms. The van der Waals surface area contributed by atoms with Crippen LogP contribution in [-0.2, 0) is 26.7 Å². The lowest BCUT2D eigenvalue weighted by molar-refractivity contribution is -0.125. The third-order valence-corrected chi connectivity index (χ3v) is 8.94. The first-order valence-electron chi connectivity index (χ1n) is 11.7. The van der Waals surface area contributed by atoms with Gasteiger partial charge in [0.2, 0.25) is 0 Å². The van der Waals surface area contributed by atoms with Crippen molar-refractivity contribution in [2.75, 3.05) is 24.9 Å². The van der Waals surface area contributed by atoms with E-state index in [2.05, 4.69) is 14.9 Å². The molecule has 5 rings (SSSR count). The minimum Gasteiger partial charge on any atom is -0.349 e. The van der Waals surface area contributed by atoms with E-state index in [0.717, 1.165) is 44.0 Å². The highest BCUT2D eigenvalue weighted by Crippen LogP contribution is 2.52. The summed E-state index contributed by atoms with van der Waals surface area (Å²) < 4.78 is 42.5. The van der Waals surface area contributed by atoms with Crippen LogP contribution >= 0.6 is 0 Å². The number of hydrogen-bond acceptors (Lipinski definition) is 5. The first-order valence-corrected chi connectivity index (χ1v) is 13.2. The Morgan fingerprint density at radius 3 is 2.50 bits per heavy atom. The quantitative estimate of drug-likeness (QED) is 0.679. The van der Waals surface area contributed by atoms with Gasteiger partial charge in [0.05, 0.1) is 5.41 Å². The number of carbonyl (C=O) groups is 2. The summed E-state index contributed by atoms with van der Waals surface area (Å²) in [6.45, 7) is 1.76. The number of ketones is 1. The Hall–Kier alpha value is -2.78. The summed E-state index contributed by atoms with van der Waals surface area (Å²) >= 11 is 0.